The molecular formula is C15H10BrCl2NO. The molecular weight excluding hydrogens is 361 g/mol. The smallest absolute Gasteiger partial charge is 0.259 e. The molecule has 1 heterocycles. The lowest BCUT2D eigenvalue weighted by atomic mass is 10.1. The highest BCUT2D eigenvalue weighted by atomic mass is 79.9. The van der Waals surface area contributed by atoms with Gasteiger partial charge in [0.2, 0.25) is 0 Å². The molecule has 1 aliphatic heterocycles. The number of anilines is 1. The number of benzene rings is 2. The fraction of sp³-hybridized carbons (Fsp3) is 0.133. The van der Waals surface area contributed by atoms with E-state index in [1.165, 1.54) is 0 Å². The molecule has 0 saturated heterocycles. The summed E-state index contributed by atoms with van der Waals surface area (Å²) in [6.45, 7) is 0.670. The normalized spacial score (nSPS) is 13.4. The molecule has 0 atom stereocenters. The number of fused-ring (bicyclic) bond motifs is 1. The van der Waals surface area contributed by atoms with Crippen molar-refractivity contribution < 1.29 is 4.79 Å². The lowest BCUT2D eigenvalue weighted by molar-refractivity contribution is 0.0989. The van der Waals surface area contributed by atoms with E-state index in [1.54, 1.807) is 23.1 Å². The van der Waals surface area contributed by atoms with Crippen molar-refractivity contribution in [3.8, 4) is 0 Å². The van der Waals surface area contributed by atoms with Crippen LogP contribution in [0.1, 0.15) is 15.9 Å². The molecule has 0 aromatic heterocycles. The van der Waals surface area contributed by atoms with Crippen LogP contribution in [-0.4, -0.2) is 12.5 Å². The van der Waals surface area contributed by atoms with Crippen LogP contribution < -0.4 is 4.90 Å². The Morgan fingerprint density at radius 1 is 1.15 bits per heavy atom. The van der Waals surface area contributed by atoms with E-state index in [9.17, 15) is 4.79 Å². The predicted molar refractivity (Wildman–Crippen MR) is 86.0 cm³/mol. The average Bonchev–Trinajstić information content (AvgIpc) is 2.80. The molecule has 5 heteroatoms. The van der Waals surface area contributed by atoms with Crippen molar-refractivity contribution in [2.45, 2.75) is 6.42 Å². The van der Waals surface area contributed by atoms with Gasteiger partial charge in [-0.2, -0.15) is 0 Å². The number of carbonyl (C=O) groups is 1. The molecule has 0 bridgehead atoms. The molecule has 102 valence electrons. The van der Waals surface area contributed by atoms with Crippen LogP contribution in [0.2, 0.25) is 10.0 Å². The number of rotatable bonds is 1. The van der Waals surface area contributed by atoms with Crippen LogP contribution >= 0.6 is 39.1 Å². The average molecular weight is 371 g/mol. The van der Waals surface area contributed by atoms with Gasteiger partial charge in [-0.1, -0.05) is 39.1 Å². The minimum Gasteiger partial charge on any atom is -0.308 e. The van der Waals surface area contributed by atoms with Crippen LogP contribution in [0.3, 0.4) is 0 Å². The quantitative estimate of drug-likeness (QED) is 0.694. The van der Waals surface area contributed by atoms with E-state index in [1.807, 2.05) is 18.2 Å². The topological polar surface area (TPSA) is 20.3 Å². The maximum atomic E-state index is 12.6. The lowest BCUT2D eigenvalue weighted by Crippen LogP contribution is -2.29. The second-order valence-electron chi connectivity index (χ2n) is 4.60. The number of amides is 1. The molecule has 0 unspecified atom stereocenters. The highest BCUT2D eigenvalue weighted by molar-refractivity contribution is 9.10. The van der Waals surface area contributed by atoms with Crippen molar-refractivity contribution >= 4 is 50.7 Å². The fourth-order valence-corrected chi connectivity index (χ4v) is 3.29. The summed E-state index contributed by atoms with van der Waals surface area (Å²) in [5.74, 6) is -0.0901. The summed E-state index contributed by atoms with van der Waals surface area (Å²) in [5.41, 5.74) is 2.59. The van der Waals surface area contributed by atoms with Gasteiger partial charge in [-0.3, -0.25) is 4.79 Å². The highest BCUT2D eigenvalue weighted by Gasteiger charge is 2.26. The van der Waals surface area contributed by atoms with Crippen LogP contribution in [-0.2, 0) is 6.42 Å². The summed E-state index contributed by atoms with van der Waals surface area (Å²) in [4.78, 5) is 14.4. The van der Waals surface area contributed by atoms with Crippen molar-refractivity contribution in [2.24, 2.45) is 0 Å². The number of carbonyl (C=O) groups excluding carboxylic acids is 1. The van der Waals surface area contributed by atoms with E-state index in [-0.39, 0.29) is 5.91 Å². The largest absolute Gasteiger partial charge is 0.308 e. The Morgan fingerprint density at radius 2 is 1.95 bits per heavy atom. The monoisotopic (exact) mass is 369 g/mol. The maximum absolute atomic E-state index is 12.6. The zero-order valence-corrected chi connectivity index (χ0v) is 13.5. The zero-order valence-electron chi connectivity index (χ0n) is 10.4. The van der Waals surface area contributed by atoms with Crippen molar-refractivity contribution in [1.82, 2.24) is 0 Å². The van der Waals surface area contributed by atoms with Crippen molar-refractivity contribution in [3.05, 3.63) is 62.0 Å². The van der Waals surface area contributed by atoms with Gasteiger partial charge < -0.3 is 4.90 Å². The lowest BCUT2D eigenvalue weighted by Gasteiger charge is -2.18. The minimum absolute atomic E-state index is 0.0901. The predicted octanol–water partition coefficient (Wildman–Crippen LogP) is 4.96. The first kappa shape index (κ1) is 13.9. The van der Waals surface area contributed by atoms with Crippen molar-refractivity contribution in [1.29, 1.82) is 0 Å². The SMILES string of the molecule is O=C(c1ccc(Cl)cc1Cl)N1CCc2cc(Br)ccc21. The first-order chi connectivity index (χ1) is 9.56. The summed E-state index contributed by atoms with van der Waals surface area (Å²) < 4.78 is 1.02. The number of nitrogens with zero attached hydrogens (tertiary/aromatic N) is 1. The molecule has 0 spiro atoms. The van der Waals surface area contributed by atoms with Crippen molar-refractivity contribution in [2.75, 3.05) is 11.4 Å². The summed E-state index contributed by atoms with van der Waals surface area (Å²) >= 11 is 15.4. The maximum Gasteiger partial charge on any atom is 0.259 e. The van der Waals surface area contributed by atoms with Gasteiger partial charge in [-0.05, 0) is 48.4 Å². The molecule has 0 N–H and O–H groups in total. The second-order valence-corrected chi connectivity index (χ2v) is 6.36. The zero-order chi connectivity index (χ0) is 14.3. The van der Waals surface area contributed by atoms with Crippen LogP contribution in [0, 0.1) is 0 Å². The third-order valence-electron chi connectivity index (χ3n) is 3.34. The first-order valence-corrected chi connectivity index (χ1v) is 7.66. The van der Waals surface area contributed by atoms with Crippen LogP contribution in [0.4, 0.5) is 5.69 Å². The van der Waals surface area contributed by atoms with Gasteiger partial charge in [0.1, 0.15) is 0 Å². The van der Waals surface area contributed by atoms with Crippen LogP contribution in [0.5, 0.6) is 0 Å². The molecule has 1 aliphatic rings. The molecule has 0 fully saturated rings. The molecule has 2 nitrogen and oxygen atoms in total. The molecule has 1 amide bonds. The second kappa shape index (κ2) is 5.40. The van der Waals surface area contributed by atoms with Crippen LogP contribution in [0.15, 0.2) is 40.9 Å². The molecule has 20 heavy (non-hydrogen) atoms. The standard InChI is InChI=1S/C15H10BrCl2NO/c16-10-1-4-14-9(7-10)5-6-19(14)15(20)12-3-2-11(17)8-13(12)18/h1-4,7-8H,5-6H2. The van der Waals surface area contributed by atoms with E-state index in [0.717, 1.165) is 22.1 Å². The minimum atomic E-state index is -0.0901. The molecule has 0 aliphatic carbocycles. The van der Waals surface area contributed by atoms with E-state index in [4.69, 9.17) is 23.2 Å². The number of hydrogen-bond acceptors (Lipinski definition) is 1. The Morgan fingerprint density at radius 3 is 2.70 bits per heavy atom. The van der Waals surface area contributed by atoms with Gasteiger partial charge in [0, 0.05) is 21.7 Å². The number of hydrogen-bond donors (Lipinski definition) is 0. The summed E-state index contributed by atoms with van der Waals surface area (Å²) in [7, 11) is 0. The van der Waals surface area contributed by atoms with E-state index in [2.05, 4.69) is 15.9 Å². The molecule has 2 aromatic rings. The Labute approximate surface area is 135 Å². The summed E-state index contributed by atoms with van der Waals surface area (Å²) in [6.07, 6.45) is 0.853. The Bertz CT molecular complexity index is 702. The Kier molecular flexibility index (Phi) is 3.76. The molecule has 2 aromatic carbocycles. The fourth-order valence-electron chi connectivity index (χ4n) is 2.39. The van der Waals surface area contributed by atoms with Gasteiger partial charge in [0.05, 0.1) is 10.6 Å². The van der Waals surface area contributed by atoms with Gasteiger partial charge in [-0.15, -0.1) is 0 Å². The molecule has 0 saturated carbocycles. The highest BCUT2D eigenvalue weighted by Crippen LogP contribution is 2.33. The van der Waals surface area contributed by atoms with Crippen molar-refractivity contribution in [3.63, 3.8) is 0 Å². The van der Waals surface area contributed by atoms with E-state index in [0.29, 0.717) is 22.2 Å². The van der Waals surface area contributed by atoms with Gasteiger partial charge in [-0.25, -0.2) is 0 Å². The summed E-state index contributed by atoms with van der Waals surface area (Å²) in [5, 5.41) is 0.908. The summed E-state index contributed by atoms with van der Waals surface area (Å²) in [6, 6.07) is 10.9. The Hall–Kier alpha value is -1.03. The van der Waals surface area contributed by atoms with Gasteiger partial charge >= 0.3 is 0 Å². The number of halogens is 3. The third-order valence-corrected chi connectivity index (χ3v) is 4.38. The Balaban J connectivity index is 1.97. The van der Waals surface area contributed by atoms with Gasteiger partial charge in [0.25, 0.3) is 5.91 Å². The first-order valence-electron chi connectivity index (χ1n) is 6.11. The van der Waals surface area contributed by atoms with Gasteiger partial charge in [0.15, 0.2) is 0 Å². The van der Waals surface area contributed by atoms with E-state index < -0.39 is 0 Å². The third kappa shape index (κ3) is 2.46. The molecule has 3 rings (SSSR count). The van der Waals surface area contributed by atoms with E-state index >= 15 is 0 Å². The molecule has 0 radical (unpaired) electrons. The van der Waals surface area contributed by atoms with Crippen LogP contribution in [0.25, 0.3) is 0 Å².